The summed E-state index contributed by atoms with van der Waals surface area (Å²) in [5, 5.41) is 0.527. The molecule has 1 aliphatic heterocycles. The molecule has 2 heterocycles. The molecule has 0 bridgehead atoms. The van der Waals surface area contributed by atoms with Crippen molar-refractivity contribution < 1.29 is 32.3 Å². The number of hydrogen-bond acceptors (Lipinski definition) is 8. The summed E-state index contributed by atoms with van der Waals surface area (Å²) in [7, 11) is -2.49. The number of benzene rings is 1. The maximum atomic E-state index is 12.6. The highest BCUT2D eigenvalue weighted by atomic mass is 35.5. The predicted molar refractivity (Wildman–Crippen MR) is 131 cm³/mol. The monoisotopic (exact) mass is 546 g/mol. The molecule has 0 spiro atoms. The van der Waals surface area contributed by atoms with Gasteiger partial charge in [-0.25, -0.2) is 13.2 Å². The number of hydrogen-bond donors (Lipinski definition) is 0. The van der Waals surface area contributed by atoms with Crippen molar-refractivity contribution in [2.45, 2.75) is 13.5 Å². The van der Waals surface area contributed by atoms with Gasteiger partial charge in [0.05, 0.1) is 23.4 Å². The third-order valence-electron chi connectivity index (χ3n) is 5.23. The number of nitrogens with zero attached hydrogens (tertiary/aromatic N) is 4. The Kier molecular flexibility index (Phi) is 9.27. The van der Waals surface area contributed by atoms with Gasteiger partial charge >= 0.3 is 6.09 Å². The van der Waals surface area contributed by atoms with E-state index >= 15 is 0 Å². The van der Waals surface area contributed by atoms with E-state index < -0.39 is 39.3 Å². The van der Waals surface area contributed by atoms with E-state index in [2.05, 4.69) is 4.99 Å². The smallest absolute Gasteiger partial charge is 0.409 e. The van der Waals surface area contributed by atoms with E-state index in [-0.39, 0.29) is 32.8 Å². The molecule has 0 aliphatic carbocycles. The fourth-order valence-electron chi connectivity index (χ4n) is 3.54. The number of thiazole rings is 1. The first kappa shape index (κ1) is 27.1. The van der Waals surface area contributed by atoms with Crippen LogP contribution in [0.4, 0.5) is 4.79 Å². The number of methoxy groups -OCH3 is 1. The quantitative estimate of drug-likeness (QED) is 0.486. The molecule has 1 fully saturated rings. The third kappa shape index (κ3) is 7.26. The molecule has 1 aromatic carbocycles. The van der Waals surface area contributed by atoms with Gasteiger partial charge in [0.15, 0.2) is 14.6 Å². The van der Waals surface area contributed by atoms with Gasteiger partial charge in [0.1, 0.15) is 11.5 Å². The highest BCUT2D eigenvalue weighted by Crippen LogP contribution is 2.22. The molecule has 0 atom stereocenters. The summed E-state index contributed by atoms with van der Waals surface area (Å²) in [5.74, 6) is -3.18. The summed E-state index contributed by atoms with van der Waals surface area (Å²) in [6, 6.07) is 5.25. The zero-order chi connectivity index (χ0) is 25.6. The van der Waals surface area contributed by atoms with Crippen LogP contribution in [0.2, 0.25) is 5.02 Å². The molecule has 1 saturated heterocycles. The Morgan fingerprint density at radius 2 is 1.80 bits per heavy atom. The summed E-state index contributed by atoms with van der Waals surface area (Å²) >= 11 is 7.27. The summed E-state index contributed by atoms with van der Waals surface area (Å²) in [4.78, 5) is 44.0. The van der Waals surface area contributed by atoms with Gasteiger partial charge in [-0.05, 0) is 25.1 Å². The first-order chi connectivity index (χ1) is 16.6. The topological polar surface area (TPSA) is 128 Å². The maximum Gasteiger partial charge on any atom is 0.409 e. The first-order valence-electron chi connectivity index (χ1n) is 10.9. The van der Waals surface area contributed by atoms with Crippen molar-refractivity contribution in [3.8, 4) is 0 Å². The second-order valence-electron chi connectivity index (χ2n) is 7.75. The lowest BCUT2D eigenvalue weighted by atomic mass is 10.3. The average molecular weight is 547 g/mol. The molecule has 2 aromatic rings. The van der Waals surface area contributed by atoms with Crippen LogP contribution in [0.15, 0.2) is 23.2 Å². The number of rotatable bonds is 8. The Hall–Kier alpha value is -2.48. The number of piperazine rings is 1. The molecular weight excluding hydrogens is 520 g/mol. The number of aromatic nitrogens is 1. The van der Waals surface area contributed by atoms with Crippen molar-refractivity contribution in [2.24, 2.45) is 4.99 Å². The van der Waals surface area contributed by atoms with Gasteiger partial charge in [-0.1, -0.05) is 22.9 Å². The van der Waals surface area contributed by atoms with Gasteiger partial charge in [0.2, 0.25) is 5.91 Å². The highest BCUT2D eigenvalue weighted by Gasteiger charge is 2.28. The van der Waals surface area contributed by atoms with Crippen LogP contribution in [0.1, 0.15) is 6.92 Å². The fraction of sp³-hybridized carbons (Fsp3) is 0.524. The van der Waals surface area contributed by atoms with Crippen LogP contribution in [0, 0.1) is 0 Å². The SMILES string of the molecule is CCOC(=O)N1CCN(C(=O)CS(=O)(=O)CC(=O)N=c2sc3cc(Cl)ccc3n2CCOC)CC1. The van der Waals surface area contributed by atoms with Crippen LogP contribution in [-0.2, 0) is 35.4 Å². The minimum atomic E-state index is -4.04. The lowest BCUT2D eigenvalue weighted by Crippen LogP contribution is -2.52. The number of halogens is 1. The van der Waals surface area contributed by atoms with Gasteiger partial charge in [0, 0.05) is 44.9 Å². The van der Waals surface area contributed by atoms with Crippen molar-refractivity contribution in [3.05, 3.63) is 28.0 Å². The van der Waals surface area contributed by atoms with Crippen molar-refractivity contribution in [2.75, 3.05) is 58.0 Å². The second-order valence-corrected chi connectivity index (χ2v) is 11.3. The van der Waals surface area contributed by atoms with Crippen molar-refractivity contribution in [1.82, 2.24) is 14.4 Å². The summed E-state index contributed by atoms with van der Waals surface area (Å²) in [5.41, 5.74) is 0.794. The number of fused-ring (bicyclic) bond motifs is 1. The Morgan fingerprint density at radius 3 is 2.46 bits per heavy atom. The molecule has 0 N–H and O–H groups in total. The molecule has 3 rings (SSSR count). The number of ether oxygens (including phenoxy) is 2. The molecule has 1 aliphatic rings. The van der Waals surface area contributed by atoms with E-state index in [1.54, 1.807) is 36.8 Å². The van der Waals surface area contributed by atoms with Gasteiger partial charge < -0.3 is 23.8 Å². The molecule has 11 nitrogen and oxygen atoms in total. The van der Waals surface area contributed by atoms with E-state index in [4.69, 9.17) is 21.1 Å². The number of carbonyl (C=O) groups excluding carboxylic acids is 3. The van der Waals surface area contributed by atoms with Crippen LogP contribution in [0.5, 0.6) is 0 Å². The molecule has 0 saturated carbocycles. The van der Waals surface area contributed by atoms with Gasteiger partial charge in [-0.3, -0.25) is 9.59 Å². The second kappa shape index (κ2) is 12.0. The predicted octanol–water partition coefficient (Wildman–Crippen LogP) is 1.15. The standard InChI is InChI=1S/C21H27ClN4O7S2/c1-3-33-21(29)25-8-6-24(7-9-25)19(28)14-35(30,31)13-18(27)23-20-26(10-11-32-2)16-5-4-15(22)12-17(16)34-20/h4-5,12H,3,6-11,13-14H2,1-2H3. The van der Waals surface area contributed by atoms with E-state index in [1.165, 1.54) is 21.1 Å². The molecular formula is C21H27ClN4O7S2. The molecule has 1 aromatic heterocycles. The highest BCUT2D eigenvalue weighted by molar-refractivity contribution is 7.92. The Labute approximate surface area is 211 Å². The van der Waals surface area contributed by atoms with Gasteiger partial charge in [-0.2, -0.15) is 4.99 Å². The zero-order valence-electron chi connectivity index (χ0n) is 19.4. The van der Waals surface area contributed by atoms with Crippen LogP contribution < -0.4 is 4.80 Å². The summed E-state index contributed by atoms with van der Waals surface area (Å²) in [6.45, 7) is 3.60. The fourth-order valence-corrected chi connectivity index (χ4v) is 5.99. The Morgan fingerprint density at radius 1 is 1.11 bits per heavy atom. The molecule has 14 heteroatoms. The minimum absolute atomic E-state index is 0.190. The van der Waals surface area contributed by atoms with E-state index in [1.807, 2.05) is 0 Å². The third-order valence-corrected chi connectivity index (χ3v) is 7.88. The van der Waals surface area contributed by atoms with Crippen LogP contribution >= 0.6 is 22.9 Å². The average Bonchev–Trinajstić information content (AvgIpc) is 3.12. The number of amides is 3. The van der Waals surface area contributed by atoms with Crippen LogP contribution in [-0.4, -0.2) is 98.7 Å². The molecule has 35 heavy (non-hydrogen) atoms. The first-order valence-corrected chi connectivity index (χ1v) is 13.9. The zero-order valence-corrected chi connectivity index (χ0v) is 21.8. The van der Waals surface area contributed by atoms with Crippen LogP contribution in [0.25, 0.3) is 10.2 Å². The molecule has 0 unspecified atom stereocenters. The van der Waals surface area contributed by atoms with E-state index in [0.29, 0.717) is 23.0 Å². The van der Waals surface area contributed by atoms with Crippen molar-refractivity contribution >= 4 is 60.9 Å². The lowest BCUT2D eigenvalue weighted by Gasteiger charge is -2.34. The summed E-state index contributed by atoms with van der Waals surface area (Å²) in [6.07, 6.45) is -0.467. The summed E-state index contributed by atoms with van der Waals surface area (Å²) < 4.78 is 37.7. The van der Waals surface area contributed by atoms with Crippen molar-refractivity contribution in [3.63, 3.8) is 0 Å². The van der Waals surface area contributed by atoms with Gasteiger partial charge in [0.25, 0.3) is 5.91 Å². The van der Waals surface area contributed by atoms with Crippen molar-refractivity contribution in [1.29, 1.82) is 0 Å². The minimum Gasteiger partial charge on any atom is -0.450 e. The molecule has 0 radical (unpaired) electrons. The Bertz CT molecular complexity index is 1260. The molecule has 3 amide bonds. The van der Waals surface area contributed by atoms with E-state index in [0.717, 1.165) is 10.2 Å². The largest absolute Gasteiger partial charge is 0.450 e. The van der Waals surface area contributed by atoms with E-state index in [9.17, 15) is 22.8 Å². The number of carbonyl (C=O) groups is 3. The normalized spacial score (nSPS) is 15.0. The maximum absolute atomic E-state index is 12.6. The van der Waals surface area contributed by atoms with Gasteiger partial charge in [-0.15, -0.1) is 0 Å². The lowest BCUT2D eigenvalue weighted by molar-refractivity contribution is -0.130. The Balaban J connectivity index is 1.67. The number of sulfone groups is 1. The van der Waals surface area contributed by atoms with Crippen LogP contribution in [0.3, 0.4) is 0 Å². The molecule has 192 valence electrons.